The Balaban J connectivity index is 1.80. The van der Waals surface area contributed by atoms with E-state index in [0.29, 0.717) is 32.4 Å². The van der Waals surface area contributed by atoms with Gasteiger partial charge in [-0.2, -0.15) is 0 Å². The Kier molecular flexibility index (Phi) is 55.3. The Hall–Kier alpha value is -6.32. The second-order valence-corrected chi connectivity index (χ2v) is 26.7. The van der Waals surface area contributed by atoms with Gasteiger partial charge in [0.25, 0.3) is 0 Å². The van der Waals surface area contributed by atoms with Gasteiger partial charge in [0, 0.05) is 26.2 Å². The maximum atomic E-state index is 13.8. The molecule has 2 rings (SSSR count). The van der Waals surface area contributed by atoms with Crippen LogP contribution in [0.4, 0.5) is 4.79 Å². The number of unbranched alkanes of at least 4 members (excludes halogenated alkanes) is 35. The number of carbonyl (C=O) groups is 10. The average Bonchev–Trinajstić information content (AvgIpc) is 1.67. The fourth-order valence-electron chi connectivity index (χ4n) is 12.0. The molecule has 0 spiro atoms. The number of amides is 9. The summed E-state index contributed by atoms with van der Waals surface area (Å²) in [6.45, 7) is 5.66. The number of hydrogen-bond acceptors (Lipinski definition) is 13. The van der Waals surface area contributed by atoms with E-state index in [2.05, 4.69) is 58.0 Å². The minimum absolute atomic E-state index is 0.0877. The molecular weight excluding hydrogens is 1250 g/mol. The van der Waals surface area contributed by atoms with E-state index in [9.17, 15) is 47.9 Å². The zero-order valence-corrected chi connectivity index (χ0v) is 61.1. The van der Waals surface area contributed by atoms with Crippen molar-refractivity contribution in [2.45, 2.75) is 309 Å². The second kappa shape index (κ2) is 61.7. The van der Waals surface area contributed by atoms with Crippen LogP contribution >= 0.6 is 0 Å². The molecule has 22 heteroatoms. The summed E-state index contributed by atoms with van der Waals surface area (Å²) in [5, 5.41) is 17.7. The fourth-order valence-corrected chi connectivity index (χ4v) is 12.0. The molecule has 1 aliphatic rings. The van der Waals surface area contributed by atoms with Crippen molar-refractivity contribution >= 4 is 59.3 Å². The van der Waals surface area contributed by atoms with Crippen LogP contribution in [0, 0.1) is 0 Å². The molecule has 1 heterocycles. The number of rotatable bonds is 64. The van der Waals surface area contributed by atoms with E-state index in [1.54, 1.807) is 0 Å². The second-order valence-electron chi connectivity index (χ2n) is 26.7. The zero-order valence-electron chi connectivity index (χ0n) is 61.1. The number of nitrogens with one attached hydrogen (secondary N) is 7. The van der Waals surface area contributed by atoms with Crippen LogP contribution in [-0.2, 0) is 64.0 Å². The van der Waals surface area contributed by atoms with Crippen LogP contribution in [0.2, 0.25) is 0 Å². The van der Waals surface area contributed by atoms with Gasteiger partial charge in [-0.15, -0.1) is 0 Å². The Morgan fingerprint density at radius 2 is 0.898 bits per heavy atom. The molecule has 98 heavy (non-hydrogen) atoms. The van der Waals surface area contributed by atoms with E-state index in [0.717, 1.165) is 76.2 Å². The molecule has 0 aliphatic carbocycles. The summed E-state index contributed by atoms with van der Waals surface area (Å²) in [6, 6.07) is 7.05. The summed E-state index contributed by atoms with van der Waals surface area (Å²) in [7, 11) is 0. The van der Waals surface area contributed by atoms with Crippen LogP contribution < -0.4 is 37.2 Å². The number of ether oxygens (including phenoxy) is 3. The Morgan fingerprint density at radius 1 is 0.459 bits per heavy atom. The van der Waals surface area contributed by atoms with Crippen molar-refractivity contribution in [2.75, 3.05) is 78.7 Å². The van der Waals surface area contributed by atoms with Gasteiger partial charge in [-0.05, 0) is 56.9 Å². The topological polar surface area (TPSA) is 289 Å². The lowest BCUT2D eigenvalue weighted by atomic mass is 10.0. The van der Waals surface area contributed by atoms with Crippen molar-refractivity contribution in [3.05, 3.63) is 35.9 Å². The molecule has 1 aromatic carbocycles. The van der Waals surface area contributed by atoms with Crippen LogP contribution in [0.1, 0.15) is 296 Å². The lowest BCUT2D eigenvalue weighted by Crippen LogP contribution is -2.55. The lowest BCUT2D eigenvalue weighted by molar-refractivity contribution is -0.144. The molecule has 22 nitrogen and oxygen atoms in total. The Morgan fingerprint density at radius 3 is 1.40 bits per heavy atom. The molecule has 0 aromatic heterocycles. The molecule has 9 amide bonds. The molecule has 0 bridgehead atoms. The number of likely N-dealkylation sites (tertiary alicyclic amines) is 1. The predicted octanol–water partition coefficient (Wildman–Crippen LogP) is 12.0. The van der Waals surface area contributed by atoms with E-state index in [-0.39, 0.29) is 58.2 Å². The predicted molar refractivity (Wildman–Crippen MR) is 386 cm³/mol. The number of esters is 1. The van der Waals surface area contributed by atoms with Crippen LogP contribution in [0.3, 0.4) is 0 Å². The molecule has 1 aliphatic heterocycles. The summed E-state index contributed by atoms with van der Waals surface area (Å²) in [5.41, 5.74) is 0.822. The highest BCUT2D eigenvalue weighted by molar-refractivity contribution is 5.95. The number of benzene rings is 1. The summed E-state index contributed by atoms with van der Waals surface area (Å²) >= 11 is 0. The van der Waals surface area contributed by atoms with Crippen LogP contribution in [-0.4, -0.2) is 160 Å². The molecular formula is C76H133N9O13. The van der Waals surface area contributed by atoms with Gasteiger partial charge in [-0.3, -0.25) is 43.2 Å². The molecule has 0 saturated carbocycles. The highest BCUT2D eigenvalue weighted by Crippen LogP contribution is 2.20. The van der Waals surface area contributed by atoms with E-state index < -0.39 is 98.3 Å². The highest BCUT2D eigenvalue weighted by atomic mass is 16.5. The molecule has 0 radical (unpaired) electrons. The van der Waals surface area contributed by atoms with Crippen LogP contribution in [0.5, 0.6) is 0 Å². The first kappa shape index (κ1) is 87.8. The number of alkyl carbamates (subject to hydrolysis) is 1. The Labute approximate surface area is 589 Å². The van der Waals surface area contributed by atoms with Crippen LogP contribution in [0.25, 0.3) is 0 Å². The molecule has 0 unspecified atom stereocenters. The van der Waals surface area contributed by atoms with Gasteiger partial charge in [0.1, 0.15) is 38.4 Å². The maximum Gasteiger partial charge on any atom is 0.407 e. The molecule has 2 atom stereocenters. The first-order valence-electron chi connectivity index (χ1n) is 38.7. The largest absolute Gasteiger partial charge is 0.464 e. The first-order chi connectivity index (χ1) is 47.8. The third-order valence-corrected chi connectivity index (χ3v) is 18.0. The maximum absolute atomic E-state index is 13.8. The van der Waals surface area contributed by atoms with Crippen molar-refractivity contribution < 1.29 is 62.2 Å². The normalized spacial score (nSPS) is 12.9. The molecule has 560 valence electrons. The van der Waals surface area contributed by atoms with Gasteiger partial charge in [-0.1, -0.05) is 269 Å². The molecule has 1 aromatic rings. The van der Waals surface area contributed by atoms with Crippen molar-refractivity contribution in [1.82, 2.24) is 47.0 Å². The number of nitrogens with zero attached hydrogens (tertiary/aromatic N) is 2. The van der Waals surface area contributed by atoms with Gasteiger partial charge in [0.2, 0.25) is 47.3 Å². The summed E-state index contributed by atoms with van der Waals surface area (Å²) in [4.78, 5) is 133. The number of hydrogen-bond donors (Lipinski definition) is 7. The minimum atomic E-state index is -1.15. The lowest BCUT2D eigenvalue weighted by Gasteiger charge is -2.26. The van der Waals surface area contributed by atoms with E-state index in [4.69, 9.17) is 14.2 Å². The van der Waals surface area contributed by atoms with Crippen molar-refractivity contribution in [1.29, 1.82) is 0 Å². The zero-order chi connectivity index (χ0) is 71.2. The van der Waals surface area contributed by atoms with Gasteiger partial charge >= 0.3 is 12.1 Å². The Bertz CT molecular complexity index is 2260. The fraction of sp³-hybridized carbons (Fsp3) is 0.789. The summed E-state index contributed by atoms with van der Waals surface area (Å²) in [5.74, 6) is -5.27. The van der Waals surface area contributed by atoms with Gasteiger partial charge in [0.05, 0.1) is 32.8 Å². The minimum Gasteiger partial charge on any atom is -0.464 e. The van der Waals surface area contributed by atoms with Crippen molar-refractivity contribution in [3.63, 3.8) is 0 Å². The molecule has 1 fully saturated rings. The third kappa shape index (κ3) is 49.2. The molecule has 7 N–H and O–H groups in total. The van der Waals surface area contributed by atoms with Gasteiger partial charge in [-0.25, -0.2) is 4.79 Å². The first-order valence-corrected chi connectivity index (χ1v) is 38.7. The van der Waals surface area contributed by atoms with Gasteiger partial charge in [0.15, 0.2) is 0 Å². The highest BCUT2D eigenvalue weighted by Gasteiger charge is 2.36. The van der Waals surface area contributed by atoms with E-state index in [1.165, 1.54) is 172 Å². The monoisotopic (exact) mass is 1380 g/mol. The summed E-state index contributed by atoms with van der Waals surface area (Å²) in [6.07, 6.45) is 46.7. The smallest absolute Gasteiger partial charge is 0.407 e. The SMILES string of the molecule is CCCCCCCCCCCCCCCCCCN(CCCCCCCCCCCCCCCCCC)C(=O)COCC(=O)NCC(=O)NCC(=O)NCC(=O)N1CCC[C@H]1C(=O)N[C@@H](CCCCNC(=O)OCc1ccccc1)C(=O)NCC(=O)NCC(=O)OCCCCCCC. The van der Waals surface area contributed by atoms with Gasteiger partial charge < -0.3 is 61.2 Å². The molecule has 1 saturated heterocycles. The standard InChI is InChI=1S/C76H133N9O13/c1-4-7-10-13-15-17-19-21-23-25-27-29-31-33-35-43-52-84(53-44-36-34-32-30-28-26-24-22-20-18-16-14-11-8-5-2)72(91)63-96-62-70(89)79-57-67(86)78-56-68(87)80-59-71(90)85-54-46-50-66(85)75(94)83-65(49-41-42-51-77-76(95)98-61-64-47-39-38-40-48-64)74(93)82-58-69(88)81-60-73(92)97-55-45-37-12-9-6-3/h38-40,47-48,65-66H,4-37,41-46,49-63H2,1-3H3,(H,77,95)(H,78,86)(H,79,89)(H,80,87)(H,81,88)(H,82,93)(H,83,94)/t65-,66-/m0/s1. The number of carbonyl (C=O) groups excluding carboxylic acids is 10. The van der Waals surface area contributed by atoms with Crippen molar-refractivity contribution in [2.24, 2.45) is 0 Å². The quantitative estimate of drug-likeness (QED) is 0.0236. The van der Waals surface area contributed by atoms with E-state index >= 15 is 0 Å². The van der Waals surface area contributed by atoms with Crippen molar-refractivity contribution in [3.8, 4) is 0 Å². The van der Waals surface area contributed by atoms with E-state index in [1.807, 2.05) is 35.2 Å². The third-order valence-electron chi connectivity index (χ3n) is 18.0. The van der Waals surface area contributed by atoms with Crippen LogP contribution in [0.15, 0.2) is 30.3 Å². The average molecular weight is 1380 g/mol. The summed E-state index contributed by atoms with van der Waals surface area (Å²) < 4.78 is 16.0.